The third-order valence-electron chi connectivity index (χ3n) is 3.09. The van der Waals surface area contributed by atoms with E-state index in [1.54, 1.807) is 0 Å². The number of H-pyrrole nitrogens is 2. The maximum absolute atomic E-state index is 4.37. The van der Waals surface area contributed by atoms with Crippen LogP contribution in [-0.4, -0.2) is 15.2 Å². The second-order valence-electron chi connectivity index (χ2n) is 4.52. The SMILES string of the molecule is Cc1cc(-c2cc(-c3ccccc3)n[nH]2)c(C)[nH]1. The molecule has 0 aliphatic rings. The second kappa shape index (κ2) is 4.18. The van der Waals surface area contributed by atoms with Gasteiger partial charge in [0.25, 0.3) is 0 Å². The zero-order chi connectivity index (χ0) is 12.5. The molecule has 2 N–H and O–H groups in total. The molecule has 0 spiro atoms. The first-order valence-electron chi connectivity index (χ1n) is 6.01. The molecule has 0 radical (unpaired) electrons. The molecule has 0 aliphatic carbocycles. The lowest BCUT2D eigenvalue weighted by Crippen LogP contribution is -1.78. The van der Waals surface area contributed by atoms with Gasteiger partial charge in [0.1, 0.15) is 0 Å². The topological polar surface area (TPSA) is 44.5 Å². The summed E-state index contributed by atoms with van der Waals surface area (Å²) in [6.45, 7) is 4.14. The Morgan fingerprint density at radius 2 is 1.78 bits per heavy atom. The molecule has 3 heteroatoms. The van der Waals surface area contributed by atoms with Gasteiger partial charge < -0.3 is 4.98 Å². The first-order valence-corrected chi connectivity index (χ1v) is 6.01. The number of nitrogens with zero attached hydrogens (tertiary/aromatic N) is 1. The number of aromatic amines is 2. The molecule has 0 aliphatic heterocycles. The molecule has 0 atom stereocenters. The first kappa shape index (κ1) is 10.8. The van der Waals surface area contributed by atoms with Gasteiger partial charge in [-0.2, -0.15) is 5.10 Å². The maximum atomic E-state index is 4.37. The van der Waals surface area contributed by atoms with Gasteiger partial charge in [0.15, 0.2) is 0 Å². The van der Waals surface area contributed by atoms with E-state index in [9.17, 15) is 0 Å². The van der Waals surface area contributed by atoms with Crippen molar-refractivity contribution in [1.29, 1.82) is 0 Å². The van der Waals surface area contributed by atoms with Crippen molar-refractivity contribution < 1.29 is 0 Å². The Kier molecular flexibility index (Phi) is 2.52. The van der Waals surface area contributed by atoms with Crippen molar-refractivity contribution in [3.8, 4) is 22.5 Å². The molecule has 1 aromatic carbocycles. The van der Waals surface area contributed by atoms with E-state index in [1.165, 1.54) is 11.3 Å². The smallest absolute Gasteiger partial charge is 0.0927 e. The van der Waals surface area contributed by atoms with Gasteiger partial charge >= 0.3 is 0 Å². The number of aryl methyl sites for hydroxylation is 2. The van der Waals surface area contributed by atoms with Gasteiger partial charge in [-0.05, 0) is 26.0 Å². The molecule has 2 heterocycles. The summed E-state index contributed by atoms with van der Waals surface area (Å²) in [7, 11) is 0. The summed E-state index contributed by atoms with van der Waals surface area (Å²) in [4.78, 5) is 3.31. The Morgan fingerprint density at radius 3 is 2.44 bits per heavy atom. The standard InChI is InChI=1S/C15H15N3/c1-10-8-13(11(2)16-10)15-9-14(17-18-15)12-6-4-3-5-7-12/h3-9,16H,1-2H3,(H,17,18). The Hall–Kier alpha value is -2.29. The van der Waals surface area contributed by atoms with Crippen molar-refractivity contribution in [2.75, 3.05) is 0 Å². The van der Waals surface area contributed by atoms with Crippen LogP contribution in [0.15, 0.2) is 42.5 Å². The first-order chi connectivity index (χ1) is 8.74. The normalized spacial score (nSPS) is 10.8. The van der Waals surface area contributed by atoms with Crippen LogP contribution in [0.25, 0.3) is 22.5 Å². The van der Waals surface area contributed by atoms with Crippen LogP contribution in [0, 0.1) is 13.8 Å². The minimum absolute atomic E-state index is 0.976. The van der Waals surface area contributed by atoms with Gasteiger partial charge in [0.05, 0.1) is 11.4 Å². The van der Waals surface area contributed by atoms with Crippen molar-refractivity contribution in [3.05, 3.63) is 53.9 Å². The highest BCUT2D eigenvalue weighted by atomic mass is 15.1. The van der Waals surface area contributed by atoms with Crippen LogP contribution >= 0.6 is 0 Å². The van der Waals surface area contributed by atoms with Crippen LogP contribution in [-0.2, 0) is 0 Å². The van der Waals surface area contributed by atoms with E-state index >= 15 is 0 Å². The third kappa shape index (κ3) is 1.84. The lowest BCUT2D eigenvalue weighted by Gasteiger charge is -1.94. The molecule has 3 aromatic rings. The van der Waals surface area contributed by atoms with Gasteiger partial charge in [-0.3, -0.25) is 5.10 Å². The van der Waals surface area contributed by atoms with Crippen LogP contribution < -0.4 is 0 Å². The quantitative estimate of drug-likeness (QED) is 0.701. The van der Waals surface area contributed by atoms with Crippen LogP contribution in [0.4, 0.5) is 0 Å². The molecule has 0 unspecified atom stereocenters. The molecule has 0 saturated heterocycles. The van der Waals surface area contributed by atoms with E-state index in [1.807, 2.05) is 18.2 Å². The summed E-state index contributed by atoms with van der Waals surface area (Å²) in [5.74, 6) is 0. The molecular formula is C15H15N3. The highest BCUT2D eigenvalue weighted by molar-refractivity contribution is 5.69. The monoisotopic (exact) mass is 237 g/mol. The highest BCUT2D eigenvalue weighted by Gasteiger charge is 2.09. The van der Waals surface area contributed by atoms with Crippen molar-refractivity contribution in [2.45, 2.75) is 13.8 Å². The lowest BCUT2D eigenvalue weighted by molar-refractivity contribution is 1.10. The Balaban J connectivity index is 2.02. The van der Waals surface area contributed by atoms with Gasteiger partial charge in [0.2, 0.25) is 0 Å². The van der Waals surface area contributed by atoms with Crippen LogP contribution in [0.2, 0.25) is 0 Å². The fourth-order valence-corrected chi connectivity index (χ4v) is 2.22. The second-order valence-corrected chi connectivity index (χ2v) is 4.52. The largest absolute Gasteiger partial charge is 0.362 e. The summed E-state index contributed by atoms with van der Waals surface area (Å²) in [5.41, 5.74) is 6.67. The molecule has 18 heavy (non-hydrogen) atoms. The van der Waals surface area contributed by atoms with E-state index in [4.69, 9.17) is 0 Å². The number of rotatable bonds is 2. The van der Waals surface area contributed by atoms with Crippen molar-refractivity contribution in [1.82, 2.24) is 15.2 Å². The summed E-state index contributed by atoms with van der Waals surface area (Å²) >= 11 is 0. The van der Waals surface area contributed by atoms with Crippen LogP contribution in [0.5, 0.6) is 0 Å². The van der Waals surface area contributed by atoms with Gasteiger partial charge in [-0.1, -0.05) is 30.3 Å². The van der Waals surface area contributed by atoms with Crippen LogP contribution in [0.3, 0.4) is 0 Å². The van der Waals surface area contributed by atoms with Crippen molar-refractivity contribution in [3.63, 3.8) is 0 Å². The number of benzene rings is 1. The summed E-state index contributed by atoms with van der Waals surface area (Å²) in [5, 5.41) is 7.48. The van der Waals surface area contributed by atoms with E-state index in [2.05, 4.69) is 53.3 Å². The molecular weight excluding hydrogens is 222 g/mol. The Morgan fingerprint density at radius 1 is 1.00 bits per heavy atom. The van der Waals surface area contributed by atoms with E-state index in [-0.39, 0.29) is 0 Å². The van der Waals surface area contributed by atoms with Crippen molar-refractivity contribution >= 4 is 0 Å². The predicted octanol–water partition coefficient (Wildman–Crippen LogP) is 3.69. The minimum Gasteiger partial charge on any atom is -0.362 e. The third-order valence-corrected chi connectivity index (χ3v) is 3.09. The average Bonchev–Trinajstić information content (AvgIpc) is 2.97. The number of aromatic nitrogens is 3. The van der Waals surface area contributed by atoms with Gasteiger partial charge in [-0.15, -0.1) is 0 Å². The predicted molar refractivity (Wildman–Crippen MR) is 73.3 cm³/mol. The average molecular weight is 237 g/mol. The Labute approximate surface area is 106 Å². The molecule has 3 nitrogen and oxygen atoms in total. The molecule has 0 amide bonds. The molecule has 0 bridgehead atoms. The summed E-state index contributed by atoms with van der Waals surface area (Å²) < 4.78 is 0. The molecule has 2 aromatic heterocycles. The fourth-order valence-electron chi connectivity index (χ4n) is 2.22. The number of nitrogens with one attached hydrogen (secondary N) is 2. The highest BCUT2D eigenvalue weighted by Crippen LogP contribution is 2.26. The molecule has 0 fully saturated rings. The van der Waals surface area contributed by atoms with E-state index in [0.29, 0.717) is 0 Å². The van der Waals surface area contributed by atoms with Gasteiger partial charge in [-0.25, -0.2) is 0 Å². The lowest BCUT2D eigenvalue weighted by atomic mass is 10.1. The zero-order valence-corrected chi connectivity index (χ0v) is 10.5. The maximum Gasteiger partial charge on any atom is 0.0927 e. The van der Waals surface area contributed by atoms with Crippen molar-refractivity contribution in [2.24, 2.45) is 0 Å². The number of hydrogen-bond acceptors (Lipinski definition) is 1. The molecule has 3 rings (SSSR count). The van der Waals surface area contributed by atoms with Crippen LogP contribution in [0.1, 0.15) is 11.4 Å². The summed E-state index contributed by atoms with van der Waals surface area (Å²) in [6.07, 6.45) is 0. The zero-order valence-electron chi connectivity index (χ0n) is 10.5. The minimum atomic E-state index is 0.976. The van der Waals surface area contributed by atoms with Gasteiger partial charge in [0, 0.05) is 22.5 Å². The van der Waals surface area contributed by atoms with E-state index in [0.717, 1.165) is 22.6 Å². The Bertz CT molecular complexity index is 662. The molecule has 0 saturated carbocycles. The fraction of sp³-hybridized carbons (Fsp3) is 0.133. The molecule has 90 valence electrons. The van der Waals surface area contributed by atoms with E-state index < -0.39 is 0 Å². The number of hydrogen-bond donors (Lipinski definition) is 2. The summed E-state index contributed by atoms with van der Waals surface area (Å²) in [6, 6.07) is 14.4.